The van der Waals surface area contributed by atoms with Crippen LogP contribution in [0.3, 0.4) is 0 Å². The highest BCUT2D eigenvalue weighted by Gasteiger charge is 2.23. The number of fused-ring (bicyclic) bond motifs is 1. The number of pyridine rings is 2. The molecule has 1 aliphatic rings. The average Bonchev–Trinajstić information content (AvgIpc) is 3.30. The molecule has 1 unspecified atom stereocenters. The number of amides is 1. The number of nitrogens with one attached hydrogen (secondary N) is 2. The molecule has 2 N–H and O–H groups in total. The minimum absolute atomic E-state index is 0.127. The van der Waals surface area contributed by atoms with Crippen LogP contribution in [0.5, 0.6) is 0 Å². The van der Waals surface area contributed by atoms with Crippen LogP contribution in [0, 0.1) is 0 Å². The lowest BCUT2D eigenvalue weighted by Gasteiger charge is -2.06. The van der Waals surface area contributed by atoms with E-state index in [0.717, 1.165) is 36.2 Å². The Labute approximate surface area is 145 Å². The Bertz CT molecular complexity index is 870. The molecule has 4 heterocycles. The van der Waals surface area contributed by atoms with Crippen LogP contribution < -0.4 is 10.6 Å². The predicted octanol–water partition coefficient (Wildman–Crippen LogP) is 1.33. The maximum Gasteiger partial charge on any atom is 0.252 e. The first-order valence-corrected chi connectivity index (χ1v) is 8.53. The lowest BCUT2D eigenvalue weighted by Crippen LogP contribution is -2.27. The van der Waals surface area contributed by atoms with Crippen LogP contribution in [0.15, 0.2) is 42.9 Å². The van der Waals surface area contributed by atoms with Crippen LogP contribution in [-0.2, 0) is 6.54 Å². The minimum Gasteiger partial charge on any atom is -0.350 e. The SMILES string of the molecule is O=C(NCCn1nc(C2CCNC2)c2cccnc21)c1cccnc1. The Kier molecular flexibility index (Phi) is 4.39. The molecule has 1 saturated heterocycles. The first kappa shape index (κ1) is 15.7. The molecule has 3 aromatic rings. The molecule has 0 bridgehead atoms. The van der Waals surface area contributed by atoms with E-state index in [1.807, 2.05) is 10.7 Å². The molecule has 0 saturated carbocycles. The highest BCUT2D eigenvalue weighted by molar-refractivity contribution is 5.93. The van der Waals surface area contributed by atoms with Crippen molar-refractivity contribution in [3.63, 3.8) is 0 Å². The maximum atomic E-state index is 12.1. The van der Waals surface area contributed by atoms with Crippen molar-refractivity contribution in [1.82, 2.24) is 30.4 Å². The number of carbonyl (C=O) groups is 1. The molecule has 3 aromatic heterocycles. The molecular weight excluding hydrogens is 316 g/mol. The summed E-state index contributed by atoms with van der Waals surface area (Å²) in [4.78, 5) is 20.6. The fraction of sp³-hybridized carbons (Fsp3) is 0.333. The highest BCUT2D eigenvalue weighted by atomic mass is 16.1. The van der Waals surface area contributed by atoms with Crippen molar-refractivity contribution in [2.45, 2.75) is 18.9 Å². The van der Waals surface area contributed by atoms with Gasteiger partial charge in [0.15, 0.2) is 5.65 Å². The average molecular weight is 336 g/mol. The Morgan fingerprint density at radius 3 is 3.04 bits per heavy atom. The van der Waals surface area contributed by atoms with Gasteiger partial charge < -0.3 is 10.6 Å². The van der Waals surface area contributed by atoms with Gasteiger partial charge in [-0.15, -0.1) is 0 Å². The van der Waals surface area contributed by atoms with E-state index in [4.69, 9.17) is 5.10 Å². The number of hydrogen-bond acceptors (Lipinski definition) is 5. The van der Waals surface area contributed by atoms with Crippen LogP contribution in [0.25, 0.3) is 11.0 Å². The van der Waals surface area contributed by atoms with Gasteiger partial charge in [-0.05, 0) is 37.2 Å². The van der Waals surface area contributed by atoms with Gasteiger partial charge in [-0.2, -0.15) is 5.10 Å². The molecular formula is C18H20N6O. The zero-order valence-electron chi connectivity index (χ0n) is 13.9. The molecule has 0 aromatic carbocycles. The lowest BCUT2D eigenvalue weighted by molar-refractivity contribution is 0.0951. The summed E-state index contributed by atoms with van der Waals surface area (Å²) in [6.07, 6.45) is 6.09. The summed E-state index contributed by atoms with van der Waals surface area (Å²) in [5.41, 5.74) is 2.54. The van der Waals surface area contributed by atoms with Crippen LogP contribution in [-0.4, -0.2) is 45.3 Å². The number of hydrogen-bond donors (Lipinski definition) is 2. The first-order valence-electron chi connectivity index (χ1n) is 8.53. The van der Waals surface area contributed by atoms with Crippen LogP contribution >= 0.6 is 0 Å². The third-order valence-corrected chi connectivity index (χ3v) is 4.52. The van der Waals surface area contributed by atoms with Crippen molar-refractivity contribution in [3.8, 4) is 0 Å². The van der Waals surface area contributed by atoms with E-state index in [1.54, 1.807) is 30.7 Å². The minimum atomic E-state index is -0.127. The van der Waals surface area contributed by atoms with Crippen molar-refractivity contribution >= 4 is 16.9 Å². The quantitative estimate of drug-likeness (QED) is 0.734. The standard InChI is InChI=1S/C18H20N6O/c25-18(14-3-1-6-19-12-14)22-9-10-24-17-15(4-2-7-21-17)16(23-24)13-5-8-20-11-13/h1-4,6-7,12-13,20H,5,8-11H2,(H,22,25). The summed E-state index contributed by atoms with van der Waals surface area (Å²) in [5.74, 6) is 0.302. The van der Waals surface area contributed by atoms with E-state index in [2.05, 4.69) is 26.7 Å². The first-order chi connectivity index (χ1) is 12.3. The van der Waals surface area contributed by atoms with E-state index in [0.29, 0.717) is 24.6 Å². The molecule has 0 radical (unpaired) electrons. The third kappa shape index (κ3) is 3.23. The zero-order valence-corrected chi connectivity index (χ0v) is 13.9. The summed E-state index contributed by atoms with van der Waals surface area (Å²) < 4.78 is 1.90. The van der Waals surface area contributed by atoms with Gasteiger partial charge in [-0.3, -0.25) is 9.78 Å². The van der Waals surface area contributed by atoms with E-state index >= 15 is 0 Å². The van der Waals surface area contributed by atoms with Gasteiger partial charge in [0, 0.05) is 43.0 Å². The molecule has 7 heteroatoms. The maximum absolute atomic E-state index is 12.1. The normalized spacial score (nSPS) is 17.0. The Balaban J connectivity index is 1.49. The van der Waals surface area contributed by atoms with Gasteiger partial charge >= 0.3 is 0 Å². The summed E-state index contributed by atoms with van der Waals surface area (Å²) >= 11 is 0. The summed E-state index contributed by atoms with van der Waals surface area (Å²) in [5, 5.41) is 12.2. The second-order valence-electron chi connectivity index (χ2n) is 6.17. The van der Waals surface area contributed by atoms with Crippen molar-refractivity contribution in [1.29, 1.82) is 0 Å². The molecule has 1 fully saturated rings. The summed E-state index contributed by atoms with van der Waals surface area (Å²) in [6.45, 7) is 3.06. The highest BCUT2D eigenvalue weighted by Crippen LogP contribution is 2.27. The second kappa shape index (κ2) is 6.98. The predicted molar refractivity (Wildman–Crippen MR) is 94.3 cm³/mol. The number of nitrogens with zero attached hydrogens (tertiary/aromatic N) is 4. The Morgan fingerprint density at radius 1 is 1.32 bits per heavy atom. The topological polar surface area (TPSA) is 84.7 Å². The van der Waals surface area contributed by atoms with Crippen molar-refractivity contribution in [2.24, 2.45) is 0 Å². The second-order valence-corrected chi connectivity index (χ2v) is 6.17. The molecule has 1 atom stereocenters. The summed E-state index contributed by atoms with van der Waals surface area (Å²) in [7, 11) is 0. The fourth-order valence-corrected chi connectivity index (χ4v) is 3.25. The molecule has 25 heavy (non-hydrogen) atoms. The molecule has 1 amide bonds. The van der Waals surface area contributed by atoms with Gasteiger partial charge in [-0.25, -0.2) is 9.67 Å². The number of carbonyl (C=O) groups excluding carboxylic acids is 1. The van der Waals surface area contributed by atoms with Gasteiger partial charge in [-0.1, -0.05) is 0 Å². The summed E-state index contributed by atoms with van der Waals surface area (Å²) in [6, 6.07) is 7.53. The van der Waals surface area contributed by atoms with Crippen molar-refractivity contribution < 1.29 is 4.79 Å². The van der Waals surface area contributed by atoms with Crippen LogP contribution in [0.2, 0.25) is 0 Å². The monoisotopic (exact) mass is 336 g/mol. The molecule has 0 aliphatic carbocycles. The molecule has 1 aliphatic heterocycles. The molecule has 4 rings (SSSR count). The third-order valence-electron chi connectivity index (χ3n) is 4.52. The van der Waals surface area contributed by atoms with E-state index in [1.165, 1.54) is 0 Å². The molecule has 7 nitrogen and oxygen atoms in total. The van der Waals surface area contributed by atoms with Gasteiger partial charge in [0.1, 0.15) is 0 Å². The van der Waals surface area contributed by atoms with E-state index < -0.39 is 0 Å². The van der Waals surface area contributed by atoms with Gasteiger partial charge in [0.2, 0.25) is 0 Å². The van der Waals surface area contributed by atoms with Gasteiger partial charge in [0.25, 0.3) is 5.91 Å². The lowest BCUT2D eigenvalue weighted by atomic mass is 10.0. The number of aromatic nitrogens is 4. The van der Waals surface area contributed by atoms with E-state index in [9.17, 15) is 4.79 Å². The van der Waals surface area contributed by atoms with Crippen LogP contribution in [0.4, 0.5) is 0 Å². The molecule has 0 spiro atoms. The smallest absolute Gasteiger partial charge is 0.252 e. The van der Waals surface area contributed by atoms with Crippen molar-refractivity contribution in [3.05, 3.63) is 54.1 Å². The Morgan fingerprint density at radius 2 is 2.24 bits per heavy atom. The largest absolute Gasteiger partial charge is 0.350 e. The van der Waals surface area contributed by atoms with E-state index in [-0.39, 0.29) is 5.91 Å². The molecule has 128 valence electrons. The zero-order chi connectivity index (χ0) is 17.1. The fourth-order valence-electron chi connectivity index (χ4n) is 3.25. The van der Waals surface area contributed by atoms with Crippen LogP contribution in [0.1, 0.15) is 28.4 Å². The van der Waals surface area contributed by atoms with Gasteiger partial charge in [0.05, 0.1) is 17.8 Å². The Hall–Kier alpha value is -2.80. The number of rotatable bonds is 5. The van der Waals surface area contributed by atoms with Crippen molar-refractivity contribution in [2.75, 3.05) is 19.6 Å².